The molecule has 4 heterocycles. The van der Waals surface area contributed by atoms with Crippen LogP contribution in [-0.2, 0) is 10.5 Å². The van der Waals surface area contributed by atoms with Crippen molar-refractivity contribution in [3.8, 4) is 0 Å². The normalized spacial score (nSPS) is 37.9. The third-order valence-corrected chi connectivity index (χ3v) is 7.03. The van der Waals surface area contributed by atoms with Crippen molar-refractivity contribution in [2.75, 3.05) is 18.0 Å². The van der Waals surface area contributed by atoms with Gasteiger partial charge in [-0.25, -0.2) is 13.9 Å². The maximum atomic E-state index is 15.0. The van der Waals surface area contributed by atoms with Gasteiger partial charge in [0.2, 0.25) is 11.1 Å². The van der Waals surface area contributed by atoms with Gasteiger partial charge in [-0.15, -0.1) is 5.10 Å². The average Bonchev–Trinajstić information content (AvgIpc) is 3.40. The molecule has 1 aliphatic carbocycles. The number of hydrogen-bond donors (Lipinski definition) is 1. The van der Waals surface area contributed by atoms with Crippen molar-refractivity contribution in [2.24, 2.45) is 17.8 Å². The molecule has 152 valence electrons. The summed E-state index contributed by atoms with van der Waals surface area (Å²) in [7, 11) is 0. The fourth-order valence-electron chi connectivity index (χ4n) is 5.31. The Morgan fingerprint density at radius 2 is 2.07 bits per heavy atom. The fourth-order valence-corrected chi connectivity index (χ4v) is 5.47. The van der Waals surface area contributed by atoms with E-state index in [9.17, 15) is 5.11 Å². The van der Waals surface area contributed by atoms with Crippen molar-refractivity contribution in [1.82, 2.24) is 19.6 Å². The van der Waals surface area contributed by atoms with E-state index >= 15 is 4.39 Å². The highest BCUT2D eigenvalue weighted by molar-refractivity contribution is 6.28. The number of fused-ring (bicyclic) bond motifs is 2. The van der Waals surface area contributed by atoms with Gasteiger partial charge in [0.15, 0.2) is 17.6 Å². The minimum atomic E-state index is -2.10. The lowest BCUT2D eigenvalue weighted by molar-refractivity contribution is -0.227. The Morgan fingerprint density at radius 3 is 2.71 bits per heavy atom. The first-order chi connectivity index (χ1) is 13.4. The van der Waals surface area contributed by atoms with E-state index in [2.05, 4.69) is 20.0 Å². The third kappa shape index (κ3) is 2.57. The number of anilines is 1. The van der Waals surface area contributed by atoms with E-state index in [1.54, 1.807) is 6.92 Å². The summed E-state index contributed by atoms with van der Waals surface area (Å²) in [4.78, 5) is 11.0. The molecule has 9 heteroatoms. The number of aliphatic hydroxyl groups is 1. The number of aromatic nitrogens is 4. The van der Waals surface area contributed by atoms with Crippen LogP contribution in [0.1, 0.15) is 45.2 Å². The lowest BCUT2D eigenvalue weighted by atomic mass is 9.95. The average molecular weight is 410 g/mol. The summed E-state index contributed by atoms with van der Waals surface area (Å²) in [5.74, 6) is -0.553. The summed E-state index contributed by atoms with van der Waals surface area (Å²) in [6, 6.07) is 0. The first kappa shape index (κ1) is 18.5. The minimum absolute atomic E-state index is 0.0379. The SMILES string of the molecule is CC[C@H]1OC(O)(c2cnc3c(N4CC5CCCC5C4)nc(Cl)nn23)[C@@H](F)[C@@H]1C. The number of hydrogen-bond acceptors (Lipinski definition) is 6. The summed E-state index contributed by atoms with van der Waals surface area (Å²) in [6.07, 6.45) is 3.85. The van der Waals surface area contributed by atoms with Crippen LogP contribution in [0.4, 0.5) is 10.2 Å². The van der Waals surface area contributed by atoms with Gasteiger partial charge in [-0.1, -0.05) is 20.3 Å². The standard InChI is InChI=1S/C19H25ClFN5O2/c1-3-13-10(2)15(21)19(27,28-13)14-7-22-16-17(23-18(20)24-26(14)16)25-8-11-5-4-6-12(11)9-25/h7,10-13,15,27H,3-6,8-9H2,1-2H3/t10-,11?,12?,13-,15+,19?/m1/s1. The van der Waals surface area contributed by atoms with Crippen LogP contribution in [0, 0.1) is 17.8 Å². The molecular weight excluding hydrogens is 385 g/mol. The molecule has 0 spiro atoms. The molecule has 0 radical (unpaired) electrons. The van der Waals surface area contributed by atoms with E-state index in [1.165, 1.54) is 30.0 Å². The molecule has 7 nitrogen and oxygen atoms in total. The highest BCUT2D eigenvalue weighted by atomic mass is 35.5. The van der Waals surface area contributed by atoms with E-state index in [4.69, 9.17) is 16.3 Å². The molecule has 6 atom stereocenters. The second-order valence-electron chi connectivity index (χ2n) is 8.46. The number of imidazole rings is 1. The second-order valence-corrected chi connectivity index (χ2v) is 8.80. The zero-order valence-corrected chi connectivity index (χ0v) is 16.8. The number of rotatable bonds is 3. The van der Waals surface area contributed by atoms with Crippen LogP contribution >= 0.6 is 11.6 Å². The Hall–Kier alpha value is -1.51. The van der Waals surface area contributed by atoms with Crippen LogP contribution in [0.15, 0.2) is 6.20 Å². The Balaban J connectivity index is 1.57. The summed E-state index contributed by atoms with van der Waals surface area (Å²) >= 11 is 6.21. The monoisotopic (exact) mass is 409 g/mol. The Bertz CT molecular complexity index is 898. The lowest BCUT2D eigenvalue weighted by Crippen LogP contribution is -2.37. The van der Waals surface area contributed by atoms with Crippen LogP contribution in [0.2, 0.25) is 5.28 Å². The topological polar surface area (TPSA) is 75.8 Å². The highest BCUT2D eigenvalue weighted by Gasteiger charge is 2.55. The zero-order chi connectivity index (χ0) is 19.6. The van der Waals surface area contributed by atoms with E-state index in [1.807, 2.05) is 6.92 Å². The number of alkyl halides is 1. The predicted molar refractivity (Wildman–Crippen MR) is 102 cm³/mol. The maximum Gasteiger partial charge on any atom is 0.244 e. The van der Waals surface area contributed by atoms with Crippen molar-refractivity contribution in [3.05, 3.63) is 17.2 Å². The summed E-state index contributed by atoms with van der Waals surface area (Å²) in [5, 5.41) is 15.3. The van der Waals surface area contributed by atoms with Gasteiger partial charge in [-0.3, -0.25) is 0 Å². The fraction of sp³-hybridized carbons (Fsp3) is 0.737. The van der Waals surface area contributed by atoms with Crippen LogP contribution < -0.4 is 4.90 Å². The summed E-state index contributed by atoms with van der Waals surface area (Å²) < 4.78 is 22.2. The van der Waals surface area contributed by atoms with Gasteiger partial charge in [0.05, 0.1) is 12.3 Å². The second kappa shape index (κ2) is 6.50. The van der Waals surface area contributed by atoms with Gasteiger partial charge >= 0.3 is 0 Å². The minimum Gasteiger partial charge on any atom is -0.358 e. The Labute approximate surface area is 167 Å². The summed E-state index contributed by atoms with van der Waals surface area (Å²) in [6.45, 7) is 5.49. The van der Waals surface area contributed by atoms with Gasteiger partial charge in [0.1, 0.15) is 5.69 Å². The first-order valence-electron chi connectivity index (χ1n) is 10.1. The molecule has 2 aliphatic heterocycles. The van der Waals surface area contributed by atoms with Crippen LogP contribution in [-0.4, -0.2) is 50.1 Å². The van der Waals surface area contributed by atoms with Crippen LogP contribution in [0.3, 0.4) is 0 Å². The molecular formula is C19H25ClFN5O2. The quantitative estimate of drug-likeness (QED) is 0.840. The molecule has 3 fully saturated rings. The molecule has 0 aromatic carbocycles. The van der Waals surface area contributed by atoms with Gasteiger partial charge in [-0.05, 0) is 42.7 Å². The van der Waals surface area contributed by atoms with Crippen molar-refractivity contribution in [3.63, 3.8) is 0 Å². The van der Waals surface area contributed by atoms with Gasteiger partial charge < -0.3 is 14.7 Å². The molecule has 2 aromatic rings. The molecule has 0 bridgehead atoms. The molecule has 0 amide bonds. The van der Waals surface area contributed by atoms with Crippen LogP contribution in [0.5, 0.6) is 0 Å². The van der Waals surface area contributed by atoms with Crippen molar-refractivity contribution in [2.45, 2.75) is 57.6 Å². The molecule has 2 aromatic heterocycles. The molecule has 3 unspecified atom stereocenters. The van der Waals surface area contributed by atoms with Crippen molar-refractivity contribution in [1.29, 1.82) is 0 Å². The largest absolute Gasteiger partial charge is 0.358 e. The predicted octanol–water partition coefficient (Wildman–Crippen LogP) is 2.94. The van der Waals surface area contributed by atoms with Gasteiger partial charge in [0, 0.05) is 19.0 Å². The van der Waals surface area contributed by atoms with Gasteiger partial charge in [-0.2, -0.15) is 4.98 Å². The smallest absolute Gasteiger partial charge is 0.244 e. The van der Waals surface area contributed by atoms with Crippen molar-refractivity contribution < 1.29 is 14.2 Å². The highest BCUT2D eigenvalue weighted by Crippen LogP contribution is 2.45. The molecule has 28 heavy (non-hydrogen) atoms. The van der Waals surface area contributed by atoms with Crippen LogP contribution in [0.25, 0.3) is 5.65 Å². The molecule has 3 aliphatic rings. The molecule has 2 saturated heterocycles. The molecule has 1 N–H and O–H groups in total. The number of halogens is 2. The Kier molecular flexibility index (Phi) is 4.30. The maximum absolute atomic E-state index is 15.0. The van der Waals surface area contributed by atoms with E-state index in [0.717, 1.165) is 13.1 Å². The molecule has 5 rings (SSSR count). The van der Waals surface area contributed by atoms with E-state index in [-0.39, 0.29) is 17.1 Å². The van der Waals surface area contributed by atoms with E-state index < -0.39 is 17.9 Å². The van der Waals surface area contributed by atoms with Gasteiger partial charge in [0.25, 0.3) is 0 Å². The third-order valence-electron chi connectivity index (χ3n) is 6.87. The Morgan fingerprint density at radius 1 is 1.36 bits per heavy atom. The number of nitrogens with zero attached hydrogens (tertiary/aromatic N) is 5. The first-order valence-corrected chi connectivity index (χ1v) is 10.5. The van der Waals surface area contributed by atoms with Crippen molar-refractivity contribution >= 4 is 23.1 Å². The molecule has 1 saturated carbocycles. The van der Waals surface area contributed by atoms with E-state index in [0.29, 0.717) is 29.7 Å². The zero-order valence-electron chi connectivity index (χ0n) is 16.1. The number of ether oxygens (including phenoxy) is 1. The lowest BCUT2D eigenvalue weighted by Gasteiger charge is -2.24. The summed E-state index contributed by atoms with van der Waals surface area (Å²) in [5.41, 5.74) is 0.624.